The maximum absolute atomic E-state index is 12.2. The van der Waals surface area contributed by atoms with Gasteiger partial charge in [-0.15, -0.1) is 0 Å². The fraction of sp³-hybridized carbons (Fsp3) is 0.812. The Morgan fingerprint density at radius 3 is 2.80 bits per heavy atom. The highest BCUT2D eigenvalue weighted by molar-refractivity contribution is 5.77. The first-order valence-corrected chi connectivity index (χ1v) is 8.02. The number of carbonyl (C=O) groups is 1. The van der Waals surface area contributed by atoms with Crippen LogP contribution < -0.4 is 0 Å². The summed E-state index contributed by atoms with van der Waals surface area (Å²) in [6, 6.07) is 0. The molecule has 4 nitrogen and oxygen atoms in total. The lowest BCUT2D eigenvalue weighted by Crippen LogP contribution is -2.46. The molecule has 4 heteroatoms. The molecular formula is C16H28N2O2. The van der Waals surface area contributed by atoms with Crippen molar-refractivity contribution >= 4 is 5.91 Å². The van der Waals surface area contributed by atoms with Gasteiger partial charge in [0, 0.05) is 39.1 Å². The normalized spacial score (nSPS) is 25.2. The second-order valence-corrected chi connectivity index (χ2v) is 5.84. The standard InChI is InChI=1S/C16H28N2O2/c1-2-3-4-7-16(19)18-8-5-6-15(14-18)13-17-9-11-20-12-10-17/h3-4,15H,2,5-14H2,1H3/b4-3+. The molecule has 0 aromatic carbocycles. The average molecular weight is 280 g/mol. The zero-order chi connectivity index (χ0) is 14.2. The van der Waals surface area contributed by atoms with Crippen LogP contribution in [0.2, 0.25) is 0 Å². The van der Waals surface area contributed by atoms with Crippen molar-refractivity contribution in [2.24, 2.45) is 5.92 Å². The lowest BCUT2D eigenvalue weighted by Gasteiger charge is -2.36. The molecular weight excluding hydrogens is 252 g/mol. The Kier molecular flexibility index (Phi) is 6.54. The SMILES string of the molecule is CC/C=C/CC(=O)N1CCCC(CN2CCOCC2)C1. The van der Waals surface area contributed by atoms with Crippen LogP contribution >= 0.6 is 0 Å². The highest BCUT2D eigenvalue weighted by Gasteiger charge is 2.25. The van der Waals surface area contributed by atoms with Crippen molar-refractivity contribution in [2.45, 2.75) is 32.6 Å². The number of hydrogen-bond acceptors (Lipinski definition) is 3. The first-order chi connectivity index (χ1) is 9.79. The van der Waals surface area contributed by atoms with Crippen molar-refractivity contribution in [1.82, 2.24) is 9.80 Å². The van der Waals surface area contributed by atoms with E-state index in [-0.39, 0.29) is 0 Å². The lowest BCUT2D eigenvalue weighted by molar-refractivity contribution is -0.132. The van der Waals surface area contributed by atoms with Gasteiger partial charge in [-0.25, -0.2) is 0 Å². The van der Waals surface area contributed by atoms with Gasteiger partial charge in [-0.1, -0.05) is 19.1 Å². The zero-order valence-corrected chi connectivity index (χ0v) is 12.7. The molecule has 2 heterocycles. The van der Waals surface area contributed by atoms with Gasteiger partial charge in [-0.05, 0) is 25.2 Å². The highest BCUT2D eigenvalue weighted by atomic mass is 16.5. The van der Waals surface area contributed by atoms with Crippen LogP contribution in [0.1, 0.15) is 32.6 Å². The summed E-state index contributed by atoms with van der Waals surface area (Å²) >= 11 is 0. The van der Waals surface area contributed by atoms with E-state index >= 15 is 0 Å². The summed E-state index contributed by atoms with van der Waals surface area (Å²) < 4.78 is 5.39. The van der Waals surface area contributed by atoms with Crippen molar-refractivity contribution in [3.63, 3.8) is 0 Å². The van der Waals surface area contributed by atoms with E-state index in [2.05, 4.69) is 22.8 Å². The van der Waals surface area contributed by atoms with E-state index in [1.807, 2.05) is 6.08 Å². The third kappa shape index (κ3) is 4.91. The fourth-order valence-corrected chi connectivity index (χ4v) is 3.07. The van der Waals surface area contributed by atoms with E-state index in [0.717, 1.165) is 58.8 Å². The minimum Gasteiger partial charge on any atom is -0.379 e. The van der Waals surface area contributed by atoms with Gasteiger partial charge in [0.15, 0.2) is 0 Å². The van der Waals surface area contributed by atoms with Crippen molar-refractivity contribution < 1.29 is 9.53 Å². The van der Waals surface area contributed by atoms with Gasteiger partial charge < -0.3 is 9.64 Å². The number of amides is 1. The molecule has 0 N–H and O–H groups in total. The first kappa shape index (κ1) is 15.5. The van der Waals surface area contributed by atoms with Crippen molar-refractivity contribution in [3.05, 3.63) is 12.2 Å². The summed E-state index contributed by atoms with van der Waals surface area (Å²) in [7, 11) is 0. The van der Waals surface area contributed by atoms with Crippen LogP contribution in [0.3, 0.4) is 0 Å². The zero-order valence-electron chi connectivity index (χ0n) is 12.7. The van der Waals surface area contributed by atoms with E-state index in [1.165, 1.54) is 6.42 Å². The van der Waals surface area contributed by atoms with Crippen LogP contribution in [0.15, 0.2) is 12.2 Å². The number of hydrogen-bond donors (Lipinski definition) is 0. The number of morpholine rings is 1. The molecule has 0 bridgehead atoms. The lowest BCUT2D eigenvalue weighted by atomic mass is 9.97. The largest absolute Gasteiger partial charge is 0.379 e. The van der Waals surface area contributed by atoms with Gasteiger partial charge in [0.05, 0.1) is 13.2 Å². The molecule has 2 fully saturated rings. The Hall–Kier alpha value is -0.870. The van der Waals surface area contributed by atoms with Crippen molar-refractivity contribution in [3.8, 4) is 0 Å². The quantitative estimate of drug-likeness (QED) is 0.721. The van der Waals surface area contributed by atoms with E-state index < -0.39 is 0 Å². The van der Waals surface area contributed by atoms with Gasteiger partial charge in [0.25, 0.3) is 0 Å². The van der Waals surface area contributed by atoms with Crippen molar-refractivity contribution in [1.29, 1.82) is 0 Å². The third-order valence-electron chi connectivity index (χ3n) is 4.19. The topological polar surface area (TPSA) is 32.8 Å². The number of nitrogens with zero attached hydrogens (tertiary/aromatic N) is 2. The molecule has 2 aliphatic heterocycles. The maximum atomic E-state index is 12.2. The third-order valence-corrected chi connectivity index (χ3v) is 4.19. The molecule has 2 saturated heterocycles. The van der Waals surface area contributed by atoms with Crippen LogP contribution in [0.5, 0.6) is 0 Å². The van der Waals surface area contributed by atoms with Gasteiger partial charge in [-0.3, -0.25) is 9.69 Å². The number of piperidine rings is 1. The summed E-state index contributed by atoms with van der Waals surface area (Å²) in [5.41, 5.74) is 0. The van der Waals surface area contributed by atoms with Crippen LogP contribution in [0.25, 0.3) is 0 Å². The summed E-state index contributed by atoms with van der Waals surface area (Å²) in [6.07, 6.45) is 8.07. The Labute approximate surface area is 122 Å². The highest BCUT2D eigenvalue weighted by Crippen LogP contribution is 2.19. The molecule has 2 rings (SSSR count). The number of carbonyl (C=O) groups excluding carboxylic acids is 1. The Bertz CT molecular complexity index is 324. The Morgan fingerprint density at radius 2 is 2.05 bits per heavy atom. The molecule has 0 aromatic heterocycles. The van der Waals surface area contributed by atoms with E-state index in [9.17, 15) is 4.79 Å². The molecule has 2 aliphatic rings. The molecule has 20 heavy (non-hydrogen) atoms. The Balaban J connectivity index is 1.75. The fourth-order valence-electron chi connectivity index (χ4n) is 3.07. The van der Waals surface area contributed by atoms with Crippen LogP contribution in [-0.2, 0) is 9.53 Å². The average Bonchev–Trinajstić information content (AvgIpc) is 2.49. The van der Waals surface area contributed by atoms with Gasteiger partial charge in [0.1, 0.15) is 0 Å². The van der Waals surface area contributed by atoms with E-state index in [1.54, 1.807) is 0 Å². The first-order valence-electron chi connectivity index (χ1n) is 8.02. The Morgan fingerprint density at radius 1 is 1.25 bits per heavy atom. The minimum absolute atomic E-state index is 0.293. The maximum Gasteiger partial charge on any atom is 0.226 e. The molecule has 1 unspecified atom stereocenters. The second-order valence-electron chi connectivity index (χ2n) is 5.84. The molecule has 0 aliphatic carbocycles. The molecule has 0 radical (unpaired) electrons. The van der Waals surface area contributed by atoms with E-state index in [0.29, 0.717) is 18.2 Å². The second kappa shape index (κ2) is 8.42. The number of allylic oxidation sites excluding steroid dienone is 1. The number of ether oxygens (including phenoxy) is 1. The summed E-state index contributed by atoms with van der Waals surface area (Å²) in [5.74, 6) is 0.933. The predicted octanol–water partition coefficient (Wildman–Crippen LogP) is 1.91. The van der Waals surface area contributed by atoms with Gasteiger partial charge in [0.2, 0.25) is 5.91 Å². The van der Waals surface area contributed by atoms with Gasteiger partial charge in [-0.2, -0.15) is 0 Å². The molecule has 0 aromatic rings. The number of rotatable bonds is 5. The molecule has 1 amide bonds. The van der Waals surface area contributed by atoms with Crippen molar-refractivity contribution in [2.75, 3.05) is 45.9 Å². The molecule has 114 valence electrons. The molecule has 0 saturated carbocycles. The van der Waals surface area contributed by atoms with Crippen LogP contribution in [0, 0.1) is 5.92 Å². The molecule has 1 atom stereocenters. The van der Waals surface area contributed by atoms with Gasteiger partial charge >= 0.3 is 0 Å². The summed E-state index contributed by atoms with van der Waals surface area (Å²) in [5, 5.41) is 0. The van der Waals surface area contributed by atoms with Crippen LogP contribution in [0.4, 0.5) is 0 Å². The molecule has 0 spiro atoms. The smallest absolute Gasteiger partial charge is 0.226 e. The number of likely N-dealkylation sites (tertiary alicyclic amines) is 1. The predicted molar refractivity (Wildman–Crippen MR) is 80.6 cm³/mol. The monoisotopic (exact) mass is 280 g/mol. The summed E-state index contributed by atoms with van der Waals surface area (Å²) in [4.78, 5) is 16.7. The minimum atomic E-state index is 0.293. The summed E-state index contributed by atoms with van der Waals surface area (Å²) in [6.45, 7) is 8.91. The van der Waals surface area contributed by atoms with E-state index in [4.69, 9.17) is 4.74 Å². The van der Waals surface area contributed by atoms with Crippen LogP contribution in [-0.4, -0.2) is 61.6 Å².